The van der Waals surface area contributed by atoms with E-state index in [4.69, 9.17) is 9.47 Å². The Morgan fingerprint density at radius 2 is 2.04 bits per heavy atom. The number of methoxy groups -OCH3 is 2. The molecular formula is C18H20BrFO5S. The van der Waals surface area contributed by atoms with Crippen molar-refractivity contribution >= 4 is 49.1 Å². The molecule has 26 heavy (non-hydrogen) atoms. The molecular weight excluding hydrogens is 427 g/mol. The summed E-state index contributed by atoms with van der Waals surface area (Å²) in [6, 6.07) is 3.16. The molecule has 0 aliphatic rings. The molecule has 0 aliphatic heterocycles. The minimum atomic E-state index is -0.555. The third-order valence-electron chi connectivity index (χ3n) is 3.80. The van der Waals surface area contributed by atoms with Gasteiger partial charge in [0.15, 0.2) is 23.1 Å². The van der Waals surface area contributed by atoms with Gasteiger partial charge in [-0.05, 0) is 12.5 Å². The quantitative estimate of drug-likeness (QED) is 0.244. The van der Waals surface area contributed by atoms with Crippen LogP contribution in [0.5, 0.6) is 11.5 Å². The lowest BCUT2D eigenvalue weighted by atomic mass is 10.0. The summed E-state index contributed by atoms with van der Waals surface area (Å²) in [6.07, 6.45) is 0.728. The minimum absolute atomic E-state index is 0.00680. The molecule has 1 aromatic carbocycles. The fourth-order valence-corrected chi connectivity index (χ4v) is 3.68. The molecule has 0 radical (unpaired) electrons. The molecule has 1 aromatic heterocycles. The number of rotatable bonds is 9. The van der Waals surface area contributed by atoms with E-state index in [0.717, 1.165) is 23.1 Å². The molecule has 0 amide bonds. The maximum atomic E-state index is 14.9. The molecule has 0 saturated heterocycles. The lowest BCUT2D eigenvalue weighted by Gasteiger charge is -2.11. The van der Waals surface area contributed by atoms with Crippen molar-refractivity contribution in [3.8, 4) is 11.5 Å². The van der Waals surface area contributed by atoms with Crippen LogP contribution in [-0.2, 0) is 9.53 Å². The third kappa shape index (κ3) is 4.54. The summed E-state index contributed by atoms with van der Waals surface area (Å²) < 4.78 is 30.8. The van der Waals surface area contributed by atoms with Gasteiger partial charge in [-0.2, -0.15) is 0 Å². The first kappa shape index (κ1) is 20.6. The summed E-state index contributed by atoms with van der Waals surface area (Å²) in [6.45, 7) is 1.97. The van der Waals surface area contributed by atoms with Crippen LogP contribution in [-0.4, -0.2) is 37.9 Å². The molecule has 0 spiro atoms. The van der Waals surface area contributed by atoms with Crippen LogP contribution in [0.2, 0.25) is 0 Å². The van der Waals surface area contributed by atoms with Gasteiger partial charge >= 0.3 is 5.97 Å². The normalized spacial score (nSPS) is 12.0. The number of hydrogen-bond donors (Lipinski definition) is 0. The van der Waals surface area contributed by atoms with Crippen LogP contribution in [0, 0.1) is 11.7 Å². The summed E-state index contributed by atoms with van der Waals surface area (Å²) in [5, 5.41) is 1.05. The van der Waals surface area contributed by atoms with Crippen molar-refractivity contribution in [1.29, 1.82) is 0 Å². The number of halogens is 2. The van der Waals surface area contributed by atoms with Crippen LogP contribution >= 0.6 is 27.3 Å². The van der Waals surface area contributed by atoms with Crippen molar-refractivity contribution < 1.29 is 28.2 Å². The third-order valence-corrected chi connectivity index (χ3v) is 5.48. The van der Waals surface area contributed by atoms with Crippen LogP contribution < -0.4 is 9.47 Å². The first-order valence-corrected chi connectivity index (χ1v) is 9.96. The van der Waals surface area contributed by atoms with Gasteiger partial charge in [-0.25, -0.2) is 4.39 Å². The molecule has 5 nitrogen and oxygen atoms in total. The van der Waals surface area contributed by atoms with Crippen LogP contribution in [0.1, 0.15) is 29.4 Å². The van der Waals surface area contributed by atoms with E-state index < -0.39 is 17.7 Å². The van der Waals surface area contributed by atoms with E-state index in [9.17, 15) is 14.0 Å². The number of fused-ring (bicyclic) bond motifs is 1. The van der Waals surface area contributed by atoms with E-state index >= 15 is 0 Å². The van der Waals surface area contributed by atoms with Crippen molar-refractivity contribution in [3.05, 3.63) is 22.8 Å². The number of benzene rings is 1. The van der Waals surface area contributed by atoms with Crippen molar-refractivity contribution in [2.45, 2.75) is 19.8 Å². The van der Waals surface area contributed by atoms with E-state index in [-0.39, 0.29) is 23.7 Å². The number of thiophene rings is 1. The first-order valence-electron chi connectivity index (χ1n) is 8.02. The number of Topliss-reactive ketones (excluding diaryl/α,β-unsaturated/α-hetero) is 1. The summed E-state index contributed by atoms with van der Waals surface area (Å²) >= 11 is 4.46. The first-order chi connectivity index (χ1) is 12.4. The molecule has 2 rings (SSSR count). The zero-order valence-corrected chi connectivity index (χ0v) is 17.2. The second kappa shape index (κ2) is 9.32. The summed E-state index contributed by atoms with van der Waals surface area (Å²) in [5.41, 5.74) is 0. The highest BCUT2D eigenvalue weighted by molar-refractivity contribution is 9.09. The summed E-state index contributed by atoms with van der Waals surface area (Å²) in [4.78, 5) is 24.3. The molecule has 0 saturated carbocycles. The topological polar surface area (TPSA) is 61.8 Å². The average molecular weight is 447 g/mol. The van der Waals surface area contributed by atoms with Crippen LogP contribution in [0.15, 0.2) is 12.1 Å². The Bertz CT molecular complexity index is 804. The summed E-state index contributed by atoms with van der Waals surface area (Å²) in [7, 11) is 2.72. The van der Waals surface area contributed by atoms with E-state index in [0.29, 0.717) is 21.6 Å². The number of alkyl halides is 1. The van der Waals surface area contributed by atoms with Crippen LogP contribution in [0.3, 0.4) is 0 Å². The molecule has 2 aromatic rings. The standard InChI is InChI=1S/C18H20BrFO5S/c1-10(18(22)24-3)7-12(21)15-8-11-14(26-15)9-13(23-2)17(16(11)20)25-6-4-5-19/h8-10H,4-7H2,1-3H3. The van der Waals surface area contributed by atoms with Gasteiger partial charge in [0.2, 0.25) is 0 Å². The largest absolute Gasteiger partial charge is 0.493 e. The zero-order chi connectivity index (χ0) is 19.3. The van der Waals surface area contributed by atoms with Gasteiger partial charge in [0, 0.05) is 27.9 Å². The van der Waals surface area contributed by atoms with E-state index in [1.54, 1.807) is 13.0 Å². The van der Waals surface area contributed by atoms with Gasteiger partial charge in [-0.1, -0.05) is 22.9 Å². The number of carbonyl (C=O) groups is 2. The molecule has 1 heterocycles. The Kier molecular flexibility index (Phi) is 7.40. The number of esters is 1. The second-order valence-electron chi connectivity index (χ2n) is 5.69. The van der Waals surface area contributed by atoms with E-state index in [1.807, 2.05) is 0 Å². The van der Waals surface area contributed by atoms with Gasteiger partial charge in [0.05, 0.1) is 31.6 Å². The Labute approximate surface area is 163 Å². The molecule has 0 aliphatic carbocycles. The number of hydrogen-bond acceptors (Lipinski definition) is 6. The van der Waals surface area contributed by atoms with Crippen molar-refractivity contribution in [3.63, 3.8) is 0 Å². The molecule has 1 unspecified atom stereocenters. The van der Waals surface area contributed by atoms with Crippen LogP contribution in [0.4, 0.5) is 4.39 Å². The molecule has 1 atom stereocenters. The summed E-state index contributed by atoms with van der Waals surface area (Å²) in [5.74, 6) is -1.46. The van der Waals surface area contributed by atoms with Gasteiger partial charge in [-0.3, -0.25) is 9.59 Å². The highest BCUT2D eigenvalue weighted by atomic mass is 79.9. The van der Waals surface area contributed by atoms with Gasteiger partial charge < -0.3 is 14.2 Å². The Morgan fingerprint density at radius 1 is 1.31 bits per heavy atom. The van der Waals surface area contributed by atoms with E-state index in [1.165, 1.54) is 20.3 Å². The predicted molar refractivity (Wildman–Crippen MR) is 102 cm³/mol. The number of ketones is 1. The second-order valence-corrected chi connectivity index (χ2v) is 7.56. The smallest absolute Gasteiger partial charge is 0.308 e. The van der Waals surface area contributed by atoms with Gasteiger partial charge in [-0.15, -0.1) is 11.3 Å². The minimum Gasteiger partial charge on any atom is -0.493 e. The Balaban J connectivity index is 2.33. The average Bonchev–Trinajstić information content (AvgIpc) is 3.07. The maximum Gasteiger partial charge on any atom is 0.308 e. The van der Waals surface area contributed by atoms with Gasteiger partial charge in [0.1, 0.15) is 0 Å². The molecule has 0 fully saturated rings. The maximum absolute atomic E-state index is 14.9. The Hall–Kier alpha value is -1.67. The predicted octanol–water partition coefficient (Wildman–Crippen LogP) is 4.59. The van der Waals surface area contributed by atoms with Gasteiger partial charge in [0.25, 0.3) is 0 Å². The van der Waals surface area contributed by atoms with E-state index in [2.05, 4.69) is 20.7 Å². The Morgan fingerprint density at radius 3 is 2.65 bits per heavy atom. The number of carbonyl (C=O) groups excluding carboxylic acids is 2. The zero-order valence-electron chi connectivity index (χ0n) is 14.8. The molecule has 8 heteroatoms. The van der Waals surface area contributed by atoms with Crippen molar-refractivity contribution in [2.75, 3.05) is 26.2 Å². The lowest BCUT2D eigenvalue weighted by Crippen LogP contribution is -2.16. The van der Waals surface area contributed by atoms with Crippen molar-refractivity contribution in [2.24, 2.45) is 5.92 Å². The molecule has 0 bridgehead atoms. The highest BCUT2D eigenvalue weighted by Gasteiger charge is 2.23. The van der Waals surface area contributed by atoms with Crippen LogP contribution in [0.25, 0.3) is 10.1 Å². The monoisotopic (exact) mass is 446 g/mol. The molecule has 0 N–H and O–H groups in total. The SMILES string of the molecule is COC(=O)C(C)CC(=O)c1cc2c(F)c(OCCCBr)c(OC)cc2s1. The fourth-order valence-electron chi connectivity index (χ4n) is 2.41. The number of ether oxygens (including phenoxy) is 3. The van der Waals surface area contributed by atoms with Crippen molar-refractivity contribution in [1.82, 2.24) is 0 Å². The lowest BCUT2D eigenvalue weighted by molar-refractivity contribution is -0.144. The fraction of sp³-hybridized carbons (Fsp3) is 0.444. The highest BCUT2D eigenvalue weighted by Crippen LogP contribution is 2.40. The molecule has 142 valence electrons.